The molecule has 0 aliphatic rings. The van der Waals surface area contributed by atoms with Crippen molar-refractivity contribution in [2.24, 2.45) is 0 Å². The summed E-state index contributed by atoms with van der Waals surface area (Å²) in [5.41, 5.74) is 5.65. The number of anilines is 1. The number of aromatic nitrogens is 1. The Morgan fingerprint density at radius 1 is 1.37 bits per heavy atom. The van der Waals surface area contributed by atoms with Gasteiger partial charge in [-0.05, 0) is 30.5 Å². The molecule has 102 valence electrons. The molecule has 0 saturated carbocycles. The van der Waals surface area contributed by atoms with Crippen LogP contribution in [0.2, 0.25) is 0 Å². The molecule has 0 aliphatic heterocycles. The third-order valence-corrected chi connectivity index (χ3v) is 5.98. The fraction of sp³-hybridized carbons (Fsp3) is 0.250. The fourth-order valence-electron chi connectivity index (χ4n) is 1.69. The van der Waals surface area contributed by atoms with E-state index in [4.69, 9.17) is 5.73 Å². The van der Waals surface area contributed by atoms with Crippen molar-refractivity contribution in [3.63, 3.8) is 0 Å². The van der Waals surface area contributed by atoms with Gasteiger partial charge >= 0.3 is 0 Å². The Labute approximate surface area is 116 Å². The normalized spacial score (nSPS) is 13.6. The highest BCUT2D eigenvalue weighted by molar-refractivity contribution is 7.89. The zero-order valence-corrected chi connectivity index (χ0v) is 12.3. The number of thiophene rings is 1. The molecule has 0 saturated heterocycles. The number of hydrogen-bond acceptors (Lipinski definition) is 5. The quantitative estimate of drug-likeness (QED) is 0.937. The predicted molar refractivity (Wildman–Crippen MR) is 76.3 cm³/mol. The number of sulfonamides is 1. The van der Waals surface area contributed by atoms with Crippen LogP contribution < -0.4 is 5.73 Å². The molecule has 0 bridgehead atoms. The highest BCUT2D eigenvalue weighted by atomic mass is 32.2. The third kappa shape index (κ3) is 2.63. The van der Waals surface area contributed by atoms with Crippen LogP contribution in [0.4, 0.5) is 5.82 Å². The Morgan fingerprint density at radius 2 is 2.11 bits per heavy atom. The highest BCUT2D eigenvalue weighted by Crippen LogP contribution is 2.29. The summed E-state index contributed by atoms with van der Waals surface area (Å²) in [4.78, 5) is 4.85. The summed E-state index contributed by atoms with van der Waals surface area (Å²) < 4.78 is 26.3. The number of nitrogen functional groups attached to an aromatic ring is 1. The zero-order valence-electron chi connectivity index (χ0n) is 10.6. The van der Waals surface area contributed by atoms with Crippen LogP contribution in [0.15, 0.2) is 40.7 Å². The average molecular weight is 297 g/mol. The first-order chi connectivity index (χ1) is 8.94. The van der Waals surface area contributed by atoms with Crippen LogP contribution in [-0.4, -0.2) is 24.8 Å². The summed E-state index contributed by atoms with van der Waals surface area (Å²) in [7, 11) is -2.09. The largest absolute Gasteiger partial charge is 0.383 e. The number of hydrogen-bond donors (Lipinski definition) is 1. The first-order valence-electron chi connectivity index (χ1n) is 5.66. The number of rotatable bonds is 4. The van der Waals surface area contributed by atoms with Crippen molar-refractivity contribution in [3.8, 4) is 0 Å². The highest BCUT2D eigenvalue weighted by Gasteiger charge is 2.28. The van der Waals surface area contributed by atoms with Crippen LogP contribution in [0.1, 0.15) is 17.8 Å². The van der Waals surface area contributed by atoms with E-state index in [-0.39, 0.29) is 16.8 Å². The molecular formula is C12H15N3O2S2. The van der Waals surface area contributed by atoms with E-state index < -0.39 is 10.0 Å². The maximum absolute atomic E-state index is 12.5. The SMILES string of the molecule is CC(c1cccs1)N(C)S(=O)(=O)c1cccnc1N. The van der Waals surface area contributed by atoms with Gasteiger partial charge < -0.3 is 5.73 Å². The summed E-state index contributed by atoms with van der Waals surface area (Å²) in [6, 6.07) is 6.59. The van der Waals surface area contributed by atoms with Crippen molar-refractivity contribution < 1.29 is 8.42 Å². The molecule has 0 spiro atoms. The van der Waals surface area contributed by atoms with Crippen molar-refractivity contribution in [2.45, 2.75) is 17.9 Å². The van der Waals surface area contributed by atoms with Crippen LogP contribution in [0.3, 0.4) is 0 Å². The van der Waals surface area contributed by atoms with E-state index in [1.165, 1.54) is 27.9 Å². The van der Waals surface area contributed by atoms with E-state index in [0.717, 1.165) is 4.88 Å². The Hall–Kier alpha value is -1.44. The summed E-state index contributed by atoms with van der Waals surface area (Å²) in [6.45, 7) is 1.84. The molecule has 2 aromatic rings. The Bertz CT molecular complexity index is 653. The van der Waals surface area contributed by atoms with Crippen molar-refractivity contribution in [1.29, 1.82) is 0 Å². The second-order valence-corrected chi connectivity index (χ2v) is 7.04. The molecule has 7 heteroatoms. The van der Waals surface area contributed by atoms with Crippen LogP contribution in [0.25, 0.3) is 0 Å². The van der Waals surface area contributed by atoms with Crippen molar-refractivity contribution >= 4 is 27.2 Å². The summed E-state index contributed by atoms with van der Waals surface area (Å²) in [5.74, 6) is 0.0210. The van der Waals surface area contributed by atoms with Crippen molar-refractivity contribution in [3.05, 3.63) is 40.7 Å². The van der Waals surface area contributed by atoms with Crippen LogP contribution in [0, 0.1) is 0 Å². The molecule has 0 aromatic carbocycles. The second-order valence-electron chi connectivity index (χ2n) is 4.10. The minimum Gasteiger partial charge on any atom is -0.383 e. The van der Waals surface area contributed by atoms with Crippen molar-refractivity contribution in [2.75, 3.05) is 12.8 Å². The van der Waals surface area contributed by atoms with Gasteiger partial charge in [-0.15, -0.1) is 11.3 Å². The monoisotopic (exact) mass is 297 g/mol. The first-order valence-corrected chi connectivity index (χ1v) is 7.98. The molecule has 1 unspecified atom stereocenters. The maximum atomic E-state index is 12.5. The van der Waals surface area contributed by atoms with E-state index >= 15 is 0 Å². The molecule has 0 fully saturated rings. The zero-order chi connectivity index (χ0) is 14.0. The van der Waals surface area contributed by atoms with Gasteiger partial charge in [0.2, 0.25) is 10.0 Å². The van der Waals surface area contributed by atoms with E-state index in [0.29, 0.717) is 0 Å². The lowest BCUT2D eigenvalue weighted by Gasteiger charge is -2.23. The molecule has 2 heterocycles. The molecule has 0 aliphatic carbocycles. The van der Waals surface area contributed by atoms with Crippen LogP contribution in [-0.2, 0) is 10.0 Å². The van der Waals surface area contributed by atoms with Gasteiger partial charge in [-0.3, -0.25) is 0 Å². The standard InChI is InChI=1S/C12H15N3O2S2/c1-9(10-5-4-8-18-10)15(2)19(16,17)11-6-3-7-14-12(11)13/h3-9H,1-2H3,(H2,13,14). The van der Waals surface area contributed by atoms with E-state index in [9.17, 15) is 8.42 Å². The number of nitrogens with zero attached hydrogens (tertiary/aromatic N) is 2. The summed E-state index contributed by atoms with van der Waals surface area (Å²) in [6.07, 6.45) is 1.47. The molecule has 2 aromatic heterocycles. The van der Waals surface area contributed by atoms with Gasteiger partial charge in [-0.1, -0.05) is 6.07 Å². The molecule has 5 nitrogen and oxygen atoms in total. The van der Waals surface area contributed by atoms with Gasteiger partial charge in [0.25, 0.3) is 0 Å². The third-order valence-electron chi connectivity index (χ3n) is 2.96. The van der Waals surface area contributed by atoms with Gasteiger partial charge in [-0.2, -0.15) is 4.31 Å². The summed E-state index contributed by atoms with van der Waals surface area (Å²) in [5, 5.41) is 1.92. The van der Waals surface area contributed by atoms with Crippen LogP contribution >= 0.6 is 11.3 Å². The van der Waals surface area contributed by atoms with Crippen molar-refractivity contribution in [1.82, 2.24) is 9.29 Å². The van der Waals surface area contributed by atoms with E-state index in [1.807, 2.05) is 24.4 Å². The second kappa shape index (κ2) is 5.28. The topological polar surface area (TPSA) is 76.3 Å². The lowest BCUT2D eigenvalue weighted by Crippen LogP contribution is -2.30. The van der Waals surface area contributed by atoms with E-state index in [1.54, 1.807) is 13.1 Å². The number of pyridine rings is 1. The van der Waals surface area contributed by atoms with E-state index in [2.05, 4.69) is 4.98 Å². The minimum atomic E-state index is -3.64. The van der Waals surface area contributed by atoms with Gasteiger partial charge in [0.1, 0.15) is 10.7 Å². The molecule has 2 N–H and O–H groups in total. The lowest BCUT2D eigenvalue weighted by molar-refractivity contribution is 0.403. The fourth-order valence-corrected chi connectivity index (χ4v) is 3.99. The average Bonchev–Trinajstić information content (AvgIpc) is 2.91. The Kier molecular flexibility index (Phi) is 3.88. The smallest absolute Gasteiger partial charge is 0.247 e. The van der Waals surface area contributed by atoms with Gasteiger partial charge in [0.05, 0.1) is 6.04 Å². The van der Waals surface area contributed by atoms with Gasteiger partial charge in [-0.25, -0.2) is 13.4 Å². The minimum absolute atomic E-state index is 0.0210. The first kappa shape index (κ1) is 14.0. The molecule has 0 amide bonds. The number of nitrogens with two attached hydrogens (primary N) is 1. The lowest BCUT2D eigenvalue weighted by atomic mass is 10.3. The molecular weight excluding hydrogens is 282 g/mol. The molecule has 2 rings (SSSR count). The molecule has 19 heavy (non-hydrogen) atoms. The maximum Gasteiger partial charge on any atom is 0.247 e. The molecule has 0 radical (unpaired) electrons. The summed E-state index contributed by atoms with van der Waals surface area (Å²) >= 11 is 1.52. The predicted octanol–water partition coefficient (Wildman–Crippen LogP) is 2.11. The van der Waals surface area contributed by atoms with Crippen LogP contribution in [0.5, 0.6) is 0 Å². The Balaban J connectivity index is 2.38. The van der Waals surface area contributed by atoms with Gasteiger partial charge in [0.15, 0.2) is 0 Å². The van der Waals surface area contributed by atoms with Gasteiger partial charge in [0, 0.05) is 18.1 Å². The Morgan fingerprint density at radius 3 is 2.68 bits per heavy atom. The molecule has 1 atom stereocenters.